The second kappa shape index (κ2) is 11.9. The lowest BCUT2D eigenvalue weighted by Crippen LogP contribution is -2.31. The first-order valence-electron chi connectivity index (χ1n) is 9.21. The van der Waals surface area contributed by atoms with E-state index in [1.165, 1.54) is 11.8 Å². The molecule has 30 heavy (non-hydrogen) atoms. The molecule has 0 aliphatic carbocycles. The van der Waals surface area contributed by atoms with Crippen LogP contribution in [0.4, 0.5) is 5.95 Å². The number of anilines is 1. The quantitative estimate of drug-likeness (QED) is 0.511. The van der Waals surface area contributed by atoms with Crippen molar-refractivity contribution >= 4 is 46.8 Å². The molecule has 0 saturated carbocycles. The maximum absolute atomic E-state index is 11.9. The highest BCUT2D eigenvalue weighted by Gasteiger charge is 2.14. The Morgan fingerprint density at radius 2 is 2.03 bits per heavy atom. The van der Waals surface area contributed by atoms with Gasteiger partial charge in [0.25, 0.3) is 0 Å². The predicted molar refractivity (Wildman–Crippen MR) is 121 cm³/mol. The van der Waals surface area contributed by atoms with Crippen molar-refractivity contribution in [1.82, 2.24) is 25.2 Å². The first kappa shape index (κ1) is 24.2. The molecule has 0 saturated heterocycles. The maximum atomic E-state index is 11.9. The van der Waals surface area contributed by atoms with Gasteiger partial charge in [-0.05, 0) is 38.2 Å². The number of halogens is 2. The number of amides is 1. The van der Waals surface area contributed by atoms with E-state index in [9.17, 15) is 4.79 Å². The van der Waals surface area contributed by atoms with Gasteiger partial charge in [0.05, 0.1) is 11.1 Å². The molecule has 0 unspecified atom stereocenters. The summed E-state index contributed by atoms with van der Waals surface area (Å²) >= 11 is 13.9. The molecule has 2 aromatic rings. The van der Waals surface area contributed by atoms with Crippen LogP contribution in [0.5, 0.6) is 0 Å². The third-order valence-corrected chi connectivity index (χ3v) is 5.47. The molecule has 1 heterocycles. The summed E-state index contributed by atoms with van der Waals surface area (Å²) in [6.07, 6.45) is 1.15. The van der Waals surface area contributed by atoms with E-state index in [4.69, 9.17) is 34.2 Å². The fraction of sp³-hybridized carbons (Fsp3) is 0.421. The fourth-order valence-electron chi connectivity index (χ4n) is 2.45. The molecule has 0 atom stereocenters. The molecule has 0 fully saturated rings. The Balaban J connectivity index is 2.08. The number of carbonyl (C=O) groups excluding carboxylic acids is 1. The maximum Gasteiger partial charge on any atom is 0.224 e. The van der Waals surface area contributed by atoms with Crippen molar-refractivity contribution in [3.63, 3.8) is 0 Å². The van der Waals surface area contributed by atoms with E-state index in [2.05, 4.69) is 26.3 Å². The highest BCUT2D eigenvalue weighted by atomic mass is 35.5. The number of nitrogen functional groups attached to an aromatic ring is 1. The van der Waals surface area contributed by atoms with E-state index in [1.54, 1.807) is 12.1 Å². The summed E-state index contributed by atoms with van der Waals surface area (Å²) in [5.41, 5.74) is 7.19. The lowest BCUT2D eigenvalue weighted by Gasteiger charge is -2.11. The molecule has 1 aromatic heterocycles. The van der Waals surface area contributed by atoms with Crippen LogP contribution in [0.3, 0.4) is 0 Å². The number of aryl methyl sites for hydroxylation is 1. The van der Waals surface area contributed by atoms with Gasteiger partial charge in [-0.2, -0.15) is 15.2 Å². The van der Waals surface area contributed by atoms with Gasteiger partial charge in [0.2, 0.25) is 11.9 Å². The number of nitrogens with two attached hydrogens (primary N) is 1. The van der Waals surface area contributed by atoms with Gasteiger partial charge in [0, 0.05) is 42.3 Å². The lowest BCUT2D eigenvalue weighted by molar-refractivity contribution is -0.120. The highest BCUT2D eigenvalue weighted by Crippen LogP contribution is 2.32. The van der Waals surface area contributed by atoms with Crippen molar-refractivity contribution in [3.8, 4) is 17.5 Å². The predicted octanol–water partition coefficient (Wildman–Crippen LogP) is 3.04. The number of hydrogen-bond acceptors (Lipinski definition) is 8. The van der Waals surface area contributed by atoms with Gasteiger partial charge >= 0.3 is 0 Å². The Kier molecular flexibility index (Phi) is 9.59. The summed E-state index contributed by atoms with van der Waals surface area (Å²) in [6.45, 7) is 1.38. The van der Waals surface area contributed by atoms with Gasteiger partial charge in [-0.25, -0.2) is 4.98 Å². The summed E-state index contributed by atoms with van der Waals surface area (Å²) in [5.74, 6) is 0.843. The molecular weight excluding hydrogens is 445 g/mol. The van der Waals surface area contributed by atoms with Gasteiger partial charge in [0.1, 0.15) is 0 Å². The number of thioether (sulfide) groups is 1. The molecular formula is C19H23Cl2N7OS. The lowest BCUT2D eigenvalue weighted by atomic mass is 10.1. The molecule has 0 aliphatic heterocycles. The third-order valence-electron chi connectivity index (χ3n) is 3.96. The van der Waals surface area contributed by atoms with E-state index >= 15 is 0 Å². The number of nitriles is 1. The zero-order chi connectivity index (χ0) is 22.1. The molecule has 11 heteroatoms. The van der Waals surface area contributed by atoms with E-state index in [-0.39, 0.29) is 11.9 Å². The number of aromatic nitrogens is 3. The fourth-order valence-corrected chi connectivity index (χ4v) is 3.79. The van der Waals surface area contributed by atoms with Crippen LogP contribution < -0.4 is 11.1 Å². The highest BCUT2D eigenvalue weighted by molar-refractivity contribution is 7.99. The van der Waals surface area contributed by atoms with Crippen molar-refractivity contribution in [1.29, 1.82) is 5.26 Å². The van der Waals surface area contributed by atoms with Crippen LogP contribution in [-0.2, 0) is 11.2 Å². The van der Waals surface area contributed by atoms with Crippen molar-refractivity contribution in [3.05, 3.63) is 27.7 Å². The number of nitrogens with one attached hydrogen (secondary N) is 1. The first-order chi connectivity index (χ1) is 14.3. The standard InChI is InChI=1S/C19H23Cl2N7OS/c1-28(2)8-7-24-16(29)5-9-30-19-26-17(25-18(23)27-19)13-10-12(4-3-6-22)14(20)11-15(13)21/h10-11H,3-5,7-9H2,1-2H3,(H,24,29)(H2,23,25,26,27). The van der Waals surface area contributed by atoms with Crippen molar-refractivity contribution < 1.29 is 4.79 Å². The number of hydrogen-bond donors (Lipinski definition) is 2. The van der Waals surface area contributed by atoms with E-state index in [0.29, 0.717) is 58.1 Å². The summed E-state index contributed by atoms with van der Waals surface area (Å²) in [6, 6.07) is 5.47. The van der Waals surface area contributed by atoms with Crippen molar-refractivity contribution in [2.75, 3.05) is 38.7 Å². The minimum Gasteiger partial charge on any atom is -0.368 e. The number of rotatable bonds is 10. The van der Waals surface area contributed by atoms with Gasteiger partial charge in [-0.3, -0.25) is 4.79 Å². The van der Waals surface area contributed by atoms with Crippen LogP contribution in [0.25, 0.3) is 11.4 Å². The zero-order valence-electron chi connectivity index (χ0n) is 16.8. The van der Waals surface area contributed by atoms with Gasteiger partial charge in [0.15, 0.2) is 11.0 Å². The monoisotopic (exact) mass is 467 g/mol. The Labute approximate surface area is 190 Å². The van der Waals surface area contributed by atoms with Gasteiger partial charge < -0.3 is 16.0 Å². The third kappa shape index (κ3) is 7.61. The SMILES string of the molecule is CN(C)CCNC(=O)CCSc1nc(N)nc(-c2cc(CCC#N)c(Cl)cc2Cl)n1. The number of likely N-dealkylation sites (N-methyl/N-ethyl adjacent to an activating group) is 1. The Hall–Kier alpha value is -2.12. The number of nitrogens with zero attached hydrogens (tertiary/aromatic N) is 5. The van der Waals surface area contributed by atoms with Crippen LogP contribution in [0.15, 0.2) is 17.3 Å². The molecule has 1 amide bonds. The Morgan fingerprint density at radius 3 is 2.73 bits per heavy atom. The molecule has 160 valence electrons. The van der Waals surface area contributed by atoms with E-state index < -0.39 is 0 Å². The molecule has 3 N–H and O–H groups in total. The van der Waals surface area contributed by atoms with Crippen LogP contribution in [0.1, 0.15) is 18.4 Å². The van der Waals surface area contributed by atoms with Gasteiger partial charge in [-0.15, -0.1) is 0 Å². The van der Waals surface area contributed by atoms with Crippen LogP contribution in [0.2, 0.25) is 10.0 Å². The molecule has 0 spiro atoms. The molecule has 8 nitrogen and oxygen atoms in total. The minimum atomic E-state index is -0.0329. The minimum absolute atomic E-state index is 0.0329. The van der Waals surface area contributed by atoms with E-state index in [1.807, 2.05) is 19.0 Å². The summed E-state index contributed by atoms with van der Waals surface area (Å²) in [7, 11) is 3.90. The normalized spacial score (nSPS) is 10.8. The summed E-state index contributed by atoms with van der Waals surface area (Å²) in [4.78, 5) is 26.6. The molecule has 0 bridgehead atoms. The topological polar surface area (TPSA) is 121 Å². The second-order valence-electron chi connectivity index (χ2n) is 6.63. The molecule has 1 aromatic carbocycles. The van der Waals surface area contributed by atoms with Crippen molar-refractivity contribution in [2.24, 2.45) is 0 Å². The largest absolute Gasteiger partial charge is 0.368 e. The first-order valence-corrected chi connectivity index (χ1v) is 10.9. The number of carbonyl (C=O) groups is 1. The van der Waals surface area contributed by atoms with Crippen LogP contribution in [-0.4, -0.2) is 58.7 Å². The number of benzene rings is 1. The molecule has 0 aliphatic rings. The smallest absolute Gasteiger partial charge is 0.224 e. The van der Waals surface area contributed by atoms with E-state index in [0.717, 1.165) is 12.1 Å². The summed E-state index contributed by atoms with van der Waals surface area (Å²) < 4.78 is 0. The van der Waals surface area contributed by atoms with Crippen LogP contribution in [0, 0.1) is 11.3 Å². The summed E-state index contributed by atoms with van der Waals surface area (Å²) in [5, 5.41) is 12.9. The average molecular weight is 468 g/mol. The Morgan fingerprint density at radius 1 is 1.27 bits per heavy atom. The molecule has 2 rings (SSSR count). The molecule has 0 radical (unpaired) electrons. The van der Waals surface area contributed by atoms with Crippen molar-refractivity contribution in [2.45, 2.75) is 24.4 Å². The zero-order valence-corrected chi connectivity index (χ0v) is 19.1. The Bertz CT molecular complexity index is 934. The van der Waals surface area contributed by atoms with Gasteiger partial charge in [-0.1, -0.05) is 35.0 Å². The second-order valence-corrected chi connectivity index (χ2v) is 8.51. The van der Waals surface area contributed by atoms with Crippen LogP contribution >= 0.6 is 35.0 Å². The average Bonchev–Trinajstić information content (AvgIpc) is 2.66.